The maximum Gasteiger partial charge on any atom is 0.243 e. The molecule has 0 radical (unpaired) electrons. The molecule has 1 heterocycles. The zero-order chi connectivity index (χ0) is 11.8. The van der Waals surface area contributed by atoms with E-state index < -0.39 is 10.0 Å². The molecule has 1 aliphatic heterocycles. The second-order valence-corrected chi connectivity index (χ2v) is 6.59. The molecule has 2 N–H and O–H groups in total. The summed E-state index contributed by atoms with van der Waals surface area (Å²) in [6.07, 6.45) is 1.87. The van der Waals surface area contributed by atoms with Crippen LogP contribution in [0, 0.1) is 0 Å². The van der Waals surface area contributed by atoms with Crippen molar-refractivity contribution < 1.29 is 8.42 Å². The Morgan fingerprint density at radius 3 is 2.44 bits per heavy atom. The third-order valence-corrected chi connectivity index (χ3v) is 5.29. The van der Waals surface area contributed by atoms with Gasteiger partial charge in [-0.05, 0) is 47.0 Å². The Morgan fingerprint density at radius 1 is 1.25 bits per heavy atom. The minimum absolute atomic E-state index is 0.273. The number of rotatable bonds is 2. The summed E-state index contributed by atoms with van der Waals surface area (Å²) < 4.78 is 26.5. The number of sulfonamides is 1. The molecule has 2 rings (SSSR count). The summed E-state index contributed by atoms with van der Waals surface area (Å²) in [5.41, 5.74) is 6.13. The molecule has 0 aliphatic carbocycles. The third kappa shape index (κ3) is 2.09. The molecule has 6 heteroatoms. The molecule has 0 saturated carbocycles. The highest BCUT2D eigenvalue weighted by Gasteiger charge is 2.27. The van der Waals surface area contributed by atoms with Gasteiger partial charge in [-0.1, -0.05) is 0 Å². The lowest BCUT2D eigenvalue weighted by Crippen LogP contribution is -2.27. The fourth-order valence-corrected chi connectivity index (χ4v) is 3.56. The van der Waals surface area contributed by atoms with Crippen LogP contribution in [0.5, 0.6) is 0 Å². The fourth-order valence-electron chi connectivity index (χ4n) is 1.76. The van der Waals surface area contributed by atoms with Crippen LogP contribution in [0.2, 0.25) is 0 Å². The molecule has 1 aromatic rings. The number of anilines is 1. The zero-order valence-electron chi connectivity index (χ0n) is 8.69. The van der Waals surface area contributed by atoms with E-state index in [9.17, 15) is 8.42 Å². The van der Waals surface area contributed by atoms with Gasteiger partial charge in [-0.3, -0.25) is 0 Å². The van der Waals surface area contributed by atoms with Crippen LogP contribution in [0.15, 0.2) is 27.6 Å². The molecular formula is C10H13BrN2O2S. The monoisotopic (exact) mass is 304 g/mol. The number of benzene rings is 1. The lowest BCUT2D eigenvalue weighted by atomic mass is 10.3. The van der Waals surface area contributed by atoms with Crippen molar-refractivity contribution in [2.24, 2.45) is 0 Å². The van der Waals surface area contributed by atoms with E-state index in [1.807, 2.05) is 0 Å². The number of hydrogen-bond acceptors (Lipinski definition) is 3. The Hall–Kier alpha value is -0.590. The zero-order valence-corrected chi connectivity index (χ0v) is 11.1. The molecule has 0 spiro atoms. The minimum Gasteiger partial charge on any atom is -0.398 e. The first-order chi connectivity index (χ1) is 7.51. The first-order valence-electron chi connectivity index (χ1n) is 5.07. The molecular weight excluding hydrogens is 292 g/mol. The van der Waals surface area contributed by atoms with Crippen LogP contribution in [-0.4, -0.2) is 25.8 Å². The molecule has 1 aromatic carbocycles. The number of nitrogens with two attached hydrogens (primary N) is 1. The lowest BCUT2D eigenvalue weighted by Gasteiger charge is -2.15. The van der Waals surface area contributed by atoms with E-state index in [2.05, 4.69) is 15.9 Å². The van der Waals surface area contributed by atoms with Gasteiger partial charge in [0.25, 0.3) is 0 Å². The molecule has 1 saturated heterocycles. The van der Waals surface area contributed by atoms with E-state index in [4.69, 9.17) is 5.73 Å². The van der Waals surface area contributed by atoms with Gasteiger partial charge in [0.05, 0.1) is 4.90 Å². The van der Waals surface area contributed by atoms with Crippen molar-refractivity contribution >= 4 is 31.6 Å². The number of halogens is 1. The summed E-state index contributed by atoms with van der Waals surface area (Å²) in [6, 6.07) is 4.74. The van der Waals surface area contributed by atoms with Crippen LogP contribution in [-0.2, 0) is 10.0 Å². The van der Waals surface area contributed by atoms with Crippen molar-refractivity contribution in [2.75, 3.05) is 18.8 Å². The maximum absolute atomic E-state index is 12.2. The van der Waals surface area contributed by atoms with Crippen molar-refractivity contribution in [1.29, 1.82) is 0 Å². The van der Waals surface area contributed by atoms with E-state index in [1.165, 1.54) is 10.4 Å². The molecule has 0 atom stereocenters. The molecule has 1 aliphatic rings. The Kier molecular flexibility index (Phi) is 3.23. The topological polar surface area (TPSA) is 63.4 Å². The molecule has 4 nitrogen and oxygen atoms in total. The van der Waals surface area contributed by atoms with Gasteiger partial charge >= 0.3 is 0 Å². The molecule has 0 amide bonds. The van der Waals surface area contributed by atoms with E-state index in [0.717, 1.165) is 12.8 Å². The Morgan fingerprint density at radius 2 is 1.88 bits per heavy atom. The molecule has 16 heavy (non-hydrogen) atoms. The van der Waals surface area contributed by atoms with Gasteiger partial charge in [0.1, 0.15) is 0 Å². The Labute approximate surface area is 104 Å². The number of nitrogens with zero attached hydrogens (tertiary/aromatic N) is 1. The number of hydrogen-bond donors (Lipinski definition) is 1. The van der Waals surface area contributed by atoms with Gasteiger partial charge < -0.3 is 5.73 Å². The standard InChI is InChI=1S/C10H13BrN2O2S/c11-9-4-3-8(7-10(9)12)16(14,15)13-5-1-2-6-13/h3-4,7H,1-2,5-6,12H2. The first-order valence-corrected chi connectivity index (χ1v) is 7.30. The van der Waals surface area contributed by atoms with Crippen molar-refractivity contribution in [3.63, 3.8) is 0 Å². The average Bonchev–Trinajstić information content (AvgIpc) is 2.75. The highest BCUT2D eigenvalue weighted by molar-refractivity contribution is 9.10. The van der Waals surface area contributed by atoms with Crippen LogP contribution in [0.1, 0.15) is 12.8 Å². The second kappa shape index (κ2) is 4.35. The van der Waals surface area contributed by atoms with Crippen LogP contribution in [0.3, 0.4) is 0 Å². The van der Waals surface area contributed by atoms with Crippen molar-refractivity contribution in [1.82, 2.24) is 4.31 Å². The summed E-state index contributed by atoms with van der Waals surface area (Å²) in [6.45, 7) is 1.22. The third-order valence-electron chi connectivity index (χ3n) is 2.67. The molecule has 1 fully saturated rings. The van der Waals surface area contributed by atoms with Gasteiger partial charge in [-0.25, -0.2) is 8.42 Å². The average molecular weight is 305 g/mol. The summed E-state index contributed by atoms with van der Waals surface area (Å²) in [7, 11) is -3.35. The van der Waals surface area contributed by atoms with Gasteiger partial charge in [-0.15, -0.1) is 0 Å². The van der Waals surface area contributed by atoms with E-state index in [0.29, 0.717) is 23.2 Å². The Balaban J connectivity index is 2.39. The van der Waals surface area contributed by atoms with E-state index in [1.54, 1.807) is 12.1 Å². The summed E-state index contributed by atoms with van der Waals surface area (Å²) >= 11 is 3.25. The van der Waals surface area contributed by atoms with Gasteiger partial charge in [-0.2, -0.15) is 4.31 Å². The molecule has 0 aromatic heterocycles. The summed E-state index contributed by atoms with van der Waals surface area (Å²) in [4.78, 5) is 0.273. The maximum atomic E-state index is 12.2. The van der Waals surface area contributed by atoms with Gasteiger partial charge in [0, 0.05) is 23.2 Å². The van der Waals surface area contributed by atoms with Crippen molar-refractivity contribution in [3.8, 4) is 0 Å². The first kappa shape index (κ1) is 11.9. The van der Waals surface area contributed by atoms with Crippen molar-refractivity contribution in [3.05, 3.63) is 22.7 Å². The van der Waals surface area contributed by atoms with Crippen molar-refractivity contribution in [2.45, 2.75) is 17.7 Å². The number of nitrogen functional groups attached to an aromatic ring is 1. The van der Waals surface area contributed by atoms with E-state index in [-0.39, 0.29) is 4.90 Å². The molecule has 0 unspecified atom stereocenters. The summed E-state index contributed by atoms with van der Waals surface area (Å²) in [5.74, 6) is 0. The summed E-state index contributed by atoms with van der Waals surface area (Å²) in [5, 5.41) is 0. The fraction of sp³-hybridized carbons (Fsp3) is 0.400. The predicted molar refractivity (Wildman–Crippen MR) is 66.5 cm³/mol. The predicted octanol–water partition coefficient (Wildman–Crippen LogP) is 1.82. The van der Waals surface area contributed by atoms with Gasteiger partial charge in [0.15, 0.2) is 0 Å². The molecule has 0 bridgehead atoms. The normalized spacial score (nSPS) is 17.8. The highest BCUT2D eigenvalue weighted by atomic mass is 79.9. The Bertz CT molecular complexity index is 496. The minimum atomic E-state index is -3.35. The SMILES string of the molecule is Nc1cc(S(=O)(=O)N2CCCC2)ccc1Br. The van der Waals surface area contributed by atoms with Gasteiger partial charge in [0.2, 0.25) is 10.0 Å². The second-order valence-electron chi connectivity index (χ2n) is 3.79. The highest BCUT2D eigenvalue weighted by Crippen LogP contribution is 2.26. The quantitative estimate of drug-likeness (QED) is 0.848. The molecule has 88 valence electrons. The van der Waals surface area contributed by atoms with Crippen LogP contribution in [0.25, 0.3) is 0 Å². The smallest absolute Gasteiger partial charge is 0.243 e. The van der Waals surface area contributed by atoms with Crippen LogP contribution < -0.4 is 5.73 Å². The van der Waals surface area contributed by atoms with Crippen LogP contribution >= 0.6 is 15.9 Å². The van der Waals surface area contributed by atoms with E-state index >= 15 is 0 Å². The van der Waals surface area contributed by atoms with Crippen LogP contribution in [0.4, 0.5) is 5.69 Å². The lowest BCUT2D eigenvalue weighted by molar-refractivity contribution is 0.477. The largest absolute Gasteiger partial charge is 0.398 e.